The summed E-state index contributed by atoms with van der Waals surface area (Å²) in [6.07, 6.45) is 4.20. The van der Waals surface area contributed by atoms with E-state index in [9.17, 15) is 9.59 Å². The number of nitrogens with zero attached hydrogens (tertiary/aromatic N) is 5. The van der Waals surface area contributed by atoms with Crippen molar-refractivity contribution in [2.24, 2.45) is 0 Å². The van der Waals surface area contributed by atoms with Crippen LogP contribution in [0, 0.1) is 6.57 Å². The van der Waals surface area contributed by atoms with Gasteiger partial charge in [-0.2, -0.15) is 0 Å². The molecule has 10 nitrogen and oxygen atoms in total. The number of carbonyl (C=O) groups is 2. The summed E-state index contributed by atoms with van der Waals surface area (Å²) >= 11 is 0. The van der Waals surface area contributed by atoms with E-state index in [-0.39, 0.29) is 6.54 Å². The number of ether oxygens (including phenoxy) is 2. The third-order valence-electron chi connectivity index (χ3n) is 7.51. The highest BCUT2D eigenvalue weighted by molar-refractivity contribution is 5.90. The molecule has 10 heteroatoms. The van der Waals surface area contributed by atoms with E-state index in [2.05, 4.69) is 36.5 Å². The van der Waals surface area contributed by atoms with Crippen molar-refractivity contribution in [3.8, 4) is 28.3 Å². The Labute approximate surface area is 244 Å². The maximum atomic E-state index is 13.1. The van der Waals surface area contributed by atoms with Crippen LogP contribution >= 0.6 is 0 Å². The topological polar surface area (TPSA) is 95.0 Å². The van der Waals surface area contributed by atoms with E-state index in [1.807, 2.05) is 62.5 Å². The number of aromatic nitrogens is 3. The van der Waals surface area contributed by atoms with Crippen LogP contribution in [0.1, 0.15) is 40.2 Å². The lowest BCUT2D eigenvalue weighted by atomic mass is 9.97. The fourth-order valence-electron chi connectivity index (χ4n) is 5.38. The molecule has 2 amide bonds. The highest BCUT2D eigenvalue weighted by atomic mass is 16.6. The summed E-state index contributed by atoms with van der Waals surface area (Å²) in [5.41, 5.74) is 4.83. The number of benzene rings is 2. The number of alkyl carbamates (subject to hydrolysis) is 1. The van der Waals surface area contributed by atoms with Gasteiger partial charge in [-0.1, -0.05) is 24.3 Å². The Hall–Kier alpha value is -5.04. The van der Waals surface area contributed by atoms with E-state index in [0.29, 0.717) is 17.9 Å². The van der Waals surface area contributed by atoms with Gasteiger partial charge in [0.15, 0.2) is 11.5 Å². The quantitative estimate of drug-likeness (QED) is 0.250. The molecule has 1 N–H and O–H groups in total. The Kier molecular flexibility index (Phi) is 6.34. The molecular weight excluding hydrogens is 532 g/mol. The van der Waals surface area contributed by atoms with Crippen molar-refractivity contribution < 1.29 is 19.1 Å². The van der Waals surface area contributed by atoms with Gasteiger partial charge in [-0.15, -0.1) is 0 Å². The normalized spacial score (nSPS) is 16.0. The number of nitrogens with one attached hydrogen (secondary N) is 1. The Morgan fingerprint density at radius 3 is 2.57 bits per heavy atom. The third kappa shape index (κ3) is 4.98. The summed E-state index contributed by atoms with van der Waals surface area (Å²) in [6, 6.07) is 15.6. The molecule has 4 heterocycles. The van der Waals surface area contributed by atoms with Crippen molar-refractivity contribution in [2.75, 3.05) is 11.4 Å². The van der Waals surface area contributed by atoms with Gasteiger partial charge in [0, 0.05) is 36.4 Å². The molecule has 42 heavy (non-hydrogen) atoms. The van der Waals surface area contributed by atoms with Crippen LogP contribution in [-0.2, 0) is 16.0 Å². The van der Waals surface area contributed by atoms with Gasteiger partial charge in [0.05, 0.1) is 30.0 Å². The number of cyclic esters (lactones) is 1. The maximum absolute atomic E-state index is 13.1. The predicted molar refractivity (Wildman–Crippen MR) is 159 cm³/mol. The fraction of sp³-hybridized carbons (Fsp3) is 0.312. The van der Waals surface area contributed by atoms with Gasteiger partial charge in [0.2, 0.25) is 0 Å². The van der Waals surface area contributed by atoms with Crippen molar-refractivity contribution in [1.82, 2.24) is 19.4 Å². The molecule has 4 aromatic rings. The third-order valence-corrected chi connectivity index (χ3v) is 7.51. The van der Waals surface area contributed by atoms with Crippen LogP contribution in [0.15, 0.2) is 67.1 Å². The summed E-state index contributed by atoms with van der Waals surface area (Å²) in [4.78, 5) is 35.3. The zero-order valence-electron chi connectivity index (χ0n) is 24.2. The molecule has 0 radical (unpaired) electrons. The number of amides is 2. The number of carbonyl (C=O) groups excluding carboxylic acids is 2. The Morgan fingerprint density at radius 1 is 1.10 bits per heavy atom. The van der Waals surface area contributed by atoms with Gasteiger partial charge in [0.1, 0.15) is 11.7 Å². The van der Waals surface area contributed by atoms with Crippen LogP contribution in [0.3, 0.4) is 0 Å². The van der Waals surface area contributed by atoms with E-state index in [4.69, 9.17) is 16.0 Å². The van der Waals surface area contributed by atoms with E-state index in [0.717, 1.165) is 33.9 Å². The van der Waals surface area contributed by atoms with Crippen LogP contribution in [-0.4, -0.2) is 50.1 Å². The molecule has 0 spiro atoms. The Bertz CT molecular complexity index is 1740. The van der Waals surface area contributed by atoms with Crippen LogP contribution in [0.2, 0.25) is 0 Å². The summed E-state index contributed by atoms with van der Waals surface area (Å²) in [6.45, 7) is 17.1. The van der Waals surface area contributed by atoms with Gasteiger partial charge in [-0.3, -0.25) is 9.47 Å². The van der Waals surface area contributed by atoms with Crippen molar-refractivity contribution in [1.29, 1.82) is 0 Å². The van der Waals surface area contributed by atoms with Crippen molar-refractivity contribution >= 4 is 23.6 Å². The lowest BCUT2D eigenvalue weighted by Crippen LogP contribution is -2.54. The molecule has 2 aromatic carbocycles. The number of hydrogen-bond acceptors (Lipinski definition) is 5. The molecule has 6 rings (SSSR count). The van der Waals surface area contributed by atoms with Gasteiger partial charge in [-0.25, -0.2) is 19.4 Å². The highest BCUT2D eigenvalue weighted by Gasteiger charge is 2.43. The van der Waals surface area contributed by atoms with Crippen LogP contribution in [0.25, 0.3) is 33.2 Å². The van der Waals surface area contributed by atoms with Crippen molar-refractivity contribution in [3.63, 3.8) is 0 Å². The lowest BCUT2D eigenvalue weighted by Gasteiger charge is -2.32. The molecule has 0 saturated carbocycles. The highest BCUT2D eigenvalue weighted by Crippen LogP contribution is 2.36. The second-order valence-electron chi connectivity index (χ2n) is 12.2. The average molecular weight is 565 g/mol. The first-order chi connectivity index (χ1) is 19.9. The second-order valence-corrected chi connectivity index (χ2v) is 12.2. The molecule has 2 aliphatic rings. The molecule has 1 atom stereocenters. The van der Waals surface area contributed by atoms with E-state index in [1.165, 1.54) is 0 Å². The van der Waals surface area contributed by atoms with E-state index >= 15 is 0 Å². The van der Waals surface area contributed by atoms with Gasteiger partial charge in [0.25, 0.3) is 0 Å². The van der Waals surface area contributed by atoms with Crippen LogP contribution in [0.4, 0.5) is 21.0 Å². The van der Waals surface area contributed by atoms with Gasteiger partial charge < -0.3 is 19.4 Å². The average Bonchev–Trinajstić information content (AvgIpc) is 3.64. The summed E-state index contributed by atoms with van der Waals surface area (Å²) in [5.74, 6) is 0.821. The minimum atomic E-state index is -0.854. The Balaban J connectivity index is 1.28. The SMILES string of the molecule is [C-]#[N+]c1ccc(-c2cc3n(c2)Cc2cc(N4CC(C(C)(C)NC(=O)OC(C)(C)C)OC4=O)ccc2-n2ccnc2-3)cc1. The standard InChI is InChI=1S/C32H32N6O4/c1-31(2,3)42-29(39)35-32(4,5)27-19-38(30(40)41-27)24-11-12-25-22(15-24)18-36-17-21(20-7-9-23(33-6)10-8-20)16-26(36)28-34-13-14-37(25)28/h7-17,27H,18-19H2,1-5H3,(H,35,39). The molecular formula is C32H32N6O4. The predicted octanol–water partition coefficient (Wildman–Crippen LogP) is 6.55. The zero-order chi connectivity index (χ0) is 29.8. The smallest absolute Gasteiger partial charge is 0.414 e. The monoisotopic (exact) mass is 564 g/mol. The minimum Gasteiger partial charge on any atom is -0.444 e. The lowest BCUT2D eigenvalue weighted by molar-refractivity contribution is 0.0333. The molecule has 0 bridgehead atoms. The molecule has 1 unspecified atom stereocenters. The van der Waals surface area contributed by atoms with Gasteiger partial charge in [-0.05, 0) is 70.0 Å². The molecule has 2 aliphatic heterocycles. The second kappa shape index (κ2) is 9.80. The minimum absolute atomic E-state index is 0.274. The van der Waals surface area contributed by atoms with Crippen LogP contribution in [0.5, 0.6) is 0 Å². The first-order valence-electron chi connectivity index (χ1n) is 13.8. The molecule has 1 saturated heterocycles. The number of imidazole rings is 1. The molecule has 1 fully saturated rings. The van der Waals surface area contributed by atoms with Crippen molar-refractivity contribution in [3.05, 3.63) is 84.1 Å². The number of anilines is 1. The molecule has 2 aromatic heterocycles. The molecule has 0 aliphatic carbocycles. The zero-order valence-corrected chi connectivity index (χ0v) is 24.2. The van der Waals surface area contributed by atoms with Crippen molar-refractivity contribution in [2.45, 2.75) is 58.4 Å². The number of hydrogen-bond donors (Lipinski definition) is 1. The Morgan fingerprint density at radius 2 is 1.86 bits per heavy atom. The summed E-state index contributed by atoms with van der Waals surface area (Å²) < 4.78 is 15.4. The number of fused-ring (bicyclic) bond motifs is 5. The fourth-order valence-corrected chi connectivity index (χ4v) is 5.38. The van der Waals surface area contributed by atoms with E-state index < -0.39 is 29.4 Å². The first-order valence-corrected chi connectivity index (χ1v) is 13.8. The van der Waals surface area contributed by atoms with Gasteiger partial charge >= 0.3 is 12.2 Å². The number of rotatable bonds is 4. The summed E-state index contributed by atoms with van der Waals surface area (Å²) in [7, 11) is 0. The summed E-state index contributed by atoms with van der Waals surface area (Å²) in [5, 5.41) is 2.85. The van der Waals surface area contributed by atoms with E-state index in [1.54, 1.807) is 31.9 Å². The largest absolute Gasteiger partial charge is 0.444 e. The maximum Gasteiger partial charge on any atom is 0.414 e. The molecule has 214 valence electrons. The van der Waals surface area contributed by atoms with Crippen LogP contribution < -0.4 is 10.2 Å². The first kappa shape index (κ1) is 27.1.